The third kappa shape index (κ3) is 6.19. The number of benzene rings is 2. The number of ether oxygens (including phenoxy) is 1. The Labute approximate surface area is 211 Å². The molecule has 10 heteroatoms. The monoisotopic (exact) mass is 509 g/mol. The maximum Gasteiger partial charge on any atom is 0.435 e. The highest BCUT2D eigenvalue weighted by Crippen LogP contribution is 2.42. The number of carbonyl (C=O) groups excluding carboxylic acids is 1. The van der Waals surface area contributed by atoms with Crippen molar-refractivity contribution in [2.24, 2.45) is 0 Å². The molecule has 1 aliphatic carbocycles. The average Bonchev–Trinajstić information content (AvgIpc) is 3.46. The zero-order valence-corrected chi connectivity index (χ0v) is 20.0. The zero-order valence-electron chi connectivity index (χ0n) is 20.0. The van der Waals surface area contributed by atoms with E-state index in [1.54, 1.807) is 12.3 Å². The largest absolute Gasteiger partial charge is 0.471 e. The van der Waals surface area contributed by atoms with Gasteiger partial charge in [-0.05, 0) is 54.7 Å². The Bertz CT molecular complexity index is 1340. The molecule has 0 aliphatic heterocycles. The molecule has 2 aromatic heterocycles. The van der Waals surface area contributed by atoms with E-state index in [9.17, 15) is 18.0 Å². The number of halogens is 3. The molecule has 1 amide bonds. The molecule has 0 unspecified atom stereocenters. The summed E-state index contributed by atoms with van der Waals surface area (Å²) in [5.74, 6) is 0.468. The molecule has 0 radical (unpaired) electrons. The minimum Gasteiger partial charge on any atom is -0.471 e. The Morgan fingerprint density at radius 2 is 1.73 bits per heavy atom. The van der Waals surface area contributed by atoms with Crippen molar-refractivity contribution < 1.29 is 22.7 Å². The second kappa shape index (κ2) is 10.5. The van der Waals surface area contributed by atoms with Crippen LogP contribution in [0.1, 0.15) is 47.1 Å². The van der Waals surface area contributed by atoms with Crippen molar-refractivity contribution in [3.05, 3.63) is 90.0 Å². The Morgan fingerprint density at radius 3 is 2.43 bits per heavy atom. The molecule has 0 atom stereocenters. The molecule has 7 nitrogen and oxygen atoms in total. The van der Waals surface area contributed by atoms with Crippen LogP contribution >= 0.6 is 0 Å². The first kappa shape index (κ1) is 24.6. The van der Waals surface area contributed by atoms with E-state index in [0.717, 1.165) is 30.0 Å². The lowest BCUT2D eigenvalue weighted by atomic mass is 10.1. The molecule has 1 N–H and O–H groups in total. The van der Waals surface area contributed by atoms with E-state index in [-0.39, 0.29) is 24.2 Å². The number of carbonyl (C=O) groups is 1. The lowest BCUT2D eigenvalue weighted by Crippen LogP contribution is -2.26. The minimum absolute atomic E-state index is 0.142. The summed E-state index contributed by atoms with van der Waals surface area (Å²) < 4.78 is 47.8. The van der Waals surface area contributed by atoms with E-state index in [1.807, 2.05) is 54.6 Å². The predicted octanol–water partition coefficient (Wildman–Crippen LogP) is 5.50. The molecule has 0 bridgehead atoms. The number of aryl methyl sites for hydroxylation is 1. The lowest BCUT2D eigenvalue weighted by Gasteiger charge is -2.08. The summed E-state index contributed by atoms with van der Waals surface area (Å²) in [6.07, 6.45) is -0.599. The average molecular weight is 510 g/mol. The molecular weight excluding hydrogens is 483 g/mol. The van der Waals surface area contributed by atoms with Gasteiger partial charge in [-0.1, -0.05) is 42.5 Å². The molecule has 0 spiro atoms. The van der Waals surface area contributed by atoms with Crippen LogP contribution in [0.3, 0.4) is 0 Å². The first-order valence-electron chi connectivity index (χ1n) is 12.1. The second-order valence-corrected chi connectivity index (χ2v) is 8.96. The fourth-order valence-electron chi connectivity index (χ4n) is 4.05. The zero-order chi connectivity index (χ0) is 25.8. The van der Waals surface area contributed by atoms with Crippen LogP contribution in [0.25, 0.3) is 11.1 Å². The normalized spacial score (nSPS) is 13.5. The van der Waals surface area contributed by atoms with Crippen LogP contribution in [0, 0.1) is 0 Å². The summed E-state index contributed by atoms with van der Waals surface area (Å²) in [5, 5.41) is 10.7. The van der Waals surface area contributed by atoms with Gasteiger partial charge in [0.15, 0.2) is 12.4 Å². The smallest absolute Gasteiger partial charge is 0.435 e. The number of nitrogens with one attached hydrogen (secondary N) is 1. The van der Waals surface area contributed by atoms with Crippen molar-refractivity contribution in [2.75, 3.05) is 6.54 Å². The van der Waals surface area contributed by atoms with Crippen molar-refractivity contribution >= 4 is 5.91 Å². The summed E-state index contributed by atoms with van der Waals surface area (Å²) >= 11 is 0. The fraction of sp³-hybridized carbons (Fsp3) is 0.296. The fourth-order valence-corrected chi connectivity index (χ4v) is 4.05. The van der Waals surface area contributed by atoms with E-state index >= 15 is 0 Å². The number of alkyl halides is 3. The Kier molecular flexibility index (Phi) is 6.98. The lowest BCUT2D eigenvalue weighted by molar-refractivity contribution is -0.141. The van der Waals surface area contributed by atoms with E-state index < -0.39 is 11.9 Å². The maximum atomic E-state index is 13.0. The number of hydrogen-bond acceptors (Lipinski definition) is 4. The van der Waals surface area contributed by atoms with E-state index in [4.69, 9.17) is 4.74 Å². The summed E-state index contributed by atoms with van der Waals surface area (Å²) in [4.78, 5) is 12.4. The van der Waals surface area contributed by atoms with E-state index in [1.165, 1.54) is 9.36 Å². The van der Waals surface area contributed by atoms with Gasteiger partial charge in [-0.15, -0.1) is 0 Å². The summed E-state index contributed by atoms with van der Waals surface area (Å²) in [6, 6.07) is 20.5. The van der Waals surface area contributed by atoms with Crippen molar-refractivity contribution in [1.82, 2.24) is 24.9 Å². The van der Waals surface area contributed by atoms with Gasteiger partial charge >= 0.3 is 6.18 Å². The summed E-state index contributed by atoms with van der Waals surface area (Å²) in [7, 11) is 0. The molecule has 0 saturated heterocycles. The van der Waals surface area contributed by atoms with Gasteiger partial charge in [-0.2, -0.15) is 23.4 Å². The highest BCUT2D eigenvalue weighted by Gasteiger charge is 2.37. The molecule has 1 fully saturated rings. The van der Waals surface area contributed by atoms with Crippen molar-refractivity contribution in [2.45, 2.75) is 44.6 Å². The second-order valence-electron chi connectivity index (χ2n) is 8.96. The number of aromatic nitrogens is 4. The number of amides is 1. The Hall–Kier alpha value is -4.08. The van der Waals surface area contributed by atoms with Crippen LogP contribution in [0.5, 0.6) is 5.75 Å². The molecule has 2 heterocycles. The highest BCUT2D eigenvalue weighted by molar-refractivity contribution is 5.92. The predicted molar refractivity (Wildman–Crippen MR) is 131 cm³/mol. The minimum atomic E-state index is -4.46. The highest BCUT2D eigenvalue weighted by atomic mass is 19.4. The van der Waals surface area contributed by atoms with Crippen LogP contribution in [-0.4, -0.2) is 32.0 Å². The molecule has 4 aromatic rings. The third-order valence-electron chi connectivity index (χ3n) is 6.13. The molecular formula is C27H26F3N5O2. The first-order valence-corrected chi connectivity index (χ1v) is 12.1. The third-order valence-corrected chi connectivity index (χ3v) is 6.13. The molecule has 2 aromatic carbocycles. The van der Waals surface area contributed by atoms with Crippen LogP contribution in [0.2, 0.25) is 0 Å². The topological polar surface area (TPSA) is 74.0 Å². The molecule has 192 valence electrons. The van der Waals surface area contributed by atoms with Crippen LogP contribution in [0.15, 0.2) is 72.9 Å². The quantitative estimate of drug-likeness (QED) is 0.287. The van der Waals surface area contributed by atoms with Crippen molar-refractivity contribution in [3.63, 3.8) is 0 Å². The standard InChI is InChI=1S/C27H26F3N5O2/c28-27(29,30)25-17-24(21-7-8-21)35(33-25)15-4-14-31-26(36)23-13-16-34(32-23)18-37-22-11-9-20(10-12-22)19-5-2-1-3-6-19/h1-3,5-6,9-13,16-17,21H,4,7-8,14-15,18H2,(H,31,36). The molecule has 1 saturated carbocycles. The van der Waals surface area contributed by atoms with Gasteiger partial charge in [0.2, 0.25) is 0 Å². The molecule has 5 rings (SSSR count). The number of rotatable bonds is 10. The van der Waals surface area contributed by atoms with Crippen LogP contribution < -0.4 is 10.1 Å². The summed E-state index contributed by atoms with van der Waals surface area (Å²) in [5.41, 5.74) is 2.20. The van der Waals surface area contributed by atoms with Gasteiger partial charge in [-0.25, -0.2) is 4.68 Å². The molecule has 37 heavy (non-hydrogen) atoms. The van der Waals surface area contributed by atoms with Gasteiger partial charge in [0.1, 0.15) is 11.4 Å². The van der Waals surface area contributed by atoms with Gasteiger partial charge in [-0.3, -0.25) is 9.48 Å². The maximum absolute atomic E-state index is 13.0. The SMILES string of the molecule is O=C(NCCCn1nc(C(F)(F)F)cc1C1CC1)c1ccn(COc2ccc(-c3ccccc3)cc2)n1. The first-order chi connectivity index (χ1) is 17.9. The van der Waals surface area contributed by atoms with Crippen LogP contribution in [-0.2, 0) is 19.5 Å². The van der Waals surface area contributed by atoms with Crippen molar-refractivity contribution in [1.29, 1.82) is 0 Å². The van der Waals surface area contributed by atoms with Gasteiger partial charge in [0.05, 0.1) is 0 Å². The van der Waals surface area contributed by atoms with Crippen molar-refractivity contribution in [3.8, 4) is 16.9 Å². The Morgan fingerprint density at radius 1 is 1.00 bits per heavy atom. The Balaban J connectivity index is 1.08. The van der Waals surface area contributed by atoms with E-state index in [2.05, 4.69) is 15.5 Å². The number of hydrogen-bond donors (Lipinski definition) is 1. The summed E-state index contributed by atoms with van der Waals surface area (Å²) in [6.45, 7) is 0.734. The van der Waals surface area contributed by atoms with Crippen LogP contribution in [0.4, 0.5) is 13.2 Å². The number of nitrogens with zero attached hydrogens (tertiary/aromatic N) is 4. The molecule has 1 aliphatic rings. The van der Waals surface area contributed by atoms with E-state index in [0.29, 0.717) is 31.0 Å². The van der Waals surface area contributed by atoms with Gasteiger partial charge < -0.3 is 10.1 Å². The van der Waals surface area contributed by atoms with Gasteiger partial charge in [0, 0.05) is 30.9 Å². The van der Waals surface area contributed by atoms with Gasteiger partial charge in [0.25, 0.3) is 5.91 Å².